The lowest BCUT2D eigenvalue weighted by atomic mass is 9.97. The van der Waals surface area contributed by atoms with E-state index in [9.17, 15) is 9.90 Å². The monoisotopic (exact) mass is 258 g/mol. The first kappa shape index (κ1) is 17.4. The molecule has 2 unspecified atom stereocenters. The average molecular weight is 258 g/mol. The summed E-state index contributed by atoms with van der Waals surface area (Å²) in [6, 6.07) is 0.520. The van der Waals surface area contributed by atoms with Crippen LogP contribution in [0.2, 0.25) is 0 Å². The molecule has 2 N–H and O–H groups in total. The first-order valence-electron chi connectivity index (χ1n) is 7.07. The Morgan fingerprint density at radius 3 is 2.39 bits per heavy atom. The first-order chi connectivity index (χ1) is 8.41. The lowest BCUT2D eigenvalue weighted by molar-refractivity contribution is -0.144. The van der Waals surface area contributed by atoms with Crippen molar-refractivity contribution in [2.75, 3.05) is 20.1 Å². The summed E-state index contributed by atoms with van der Waals surface area (Å²) < 4.78 is 0. The van der Waals surface area contributed by atoms with Crippen LogP contribution in [-0.2, 0) is 4.79 Å². The highest BCUT2D eigenvalue weighted by molar-refractivity contribution is 5.78. The van der Waals surface area contributed by atoms with E-state index in [-0.39, 0.29) is 0 Å². The molecule has 108 valence electrons. The van der Waals surface area contributed by atoms with Crippen LogP contribution in [0.1, 0.15) is 53.4 Å². The molecule has 0 aromatic carbocycles. The Labute approximate surface area is 112 Å². The molecule has 0 aromatic heterocycles. The van der Waals surface area contributed by atoms with Gasteiger partial charge in [0.1, 0.15) is 5.54 Å². The van der Waals surface area contributed by atoms with Crippen LogP contribution in [0.25, 0.3) is 0 Å². The maximum atomic E-state index is 11.2. The first-order valence-corrected chi connectivity index (χ1v) is 7.07. The number of carboxylic acids is 1. The zero-order valence-electron chi connectivity index (χ0n) is 12.6. The molecule has 2 atom stereocenters. The second-order valence-electron chi connectivity index (χ2n) is 5.28. The molecule has 0 bridgehead atoms. The number of rotatable bonds is 10. The number of nitrogens with zero attached hydrogens (tertiary/aromatic N) is 1. The number of nitrogens with one attached hydrogen (secondary N) is 1. The summed E-state index contributed by atoms with van der Waals surface area (Å²) in [4.78, 5) is 13.6. The Balaban J connectivity index is 4.44. The molecule has 0 aliphatic carbocycles. The van der Waals surface area contributed by atoms with Crippen LogP contribution < -0.4 is 5.32 Å². The zero-order valence-corrected chi connectivity index (χ0v) is 12.6. The summed E-state index contributed by atoms with van der Waals surface area (Å²) in [5.41, 5.74) is -0.822. The fraction of sp³-hybridized carbons (Fsp3) is 0.929. The Morgan fingerprint density at radius 1 is 1.39 bits per heavy atom. The molecular formula is C14H30N2O2. The zero-order chi connectivity index (χ0) is 14.2. The lowest BCUT2D eigenvalue weighted by Crippen LogP contribution is -2.50. The molecule has 0 rings (SSSR count). The third-order valence-corrected chi connectivity index (χ3v) is 3.94. The fourth-order valence-electron chi connectivity index (χ4n) is 1.88. The third kappa shape index (κ3) is 5.36. The highest BCUT2D eigenvalue weighted by Gasteiger charge is 2.31. The molecule has 0 spiro atoms. The van der Waals surface area contributed by atoms with E-state index in [1.54, 1.807) is 14.0 Å². The summed E-state index contributed by atoms with van der Waals surface area (Å²) in [5, 5.41) is 12.2. The molecule has 0 saturated heterocycles. The van der Waals surface area contributed by atoms with Crippen LogP contribution in [0.15, 0.2) is 0 Å². The predicted octanol–water partition coefficient (Wildman–Crippen LogP) is 2.34. The van der Waals surface area contributed by atoms with E-state index >= 15 is 0 Å². The van der Waals surface area contributed by atoms with Gasteiger partial charge in [0.05, 0.1) is 0 Å². The van der Waals surface area contributed by atoms with Crippen molar-refractivity contribution in [3.63, 3.8) is 0 Å². The van der Waals surface area contributed by atoms with E-state index in [2.05, 4.69) is 31.0 Å². The molecule has 0 aliphatic rings. The highest BCUT2D eigenvalue weighted by Crippen LogP contribution is 2.14. The third-order valence-electron chi connectivity index (χ3n) is 3.94. The van der Waals surface area contributed by atoms with Gasteiger partial charge in [0.25, 0.3) is 0 Å². The van der Waals surface area contributed by atoms with E-state index < -0.39 is 11.5 Å². The summed E-state index contributed by atoms with van der Waals surface area (Å²) in [7, 11) is 1.72. The molecular weight excluding hydrogens is 228 g/mol. The van der Waals surface area contributed by atoms with Gasteiger partial charge in [0, 0.05) is 12.6 Å². The Bertz CT molecular complexity index is 246. The van der Waals surface area contributed by atoms with Crippen molar-refractivity contribution >= 4 is 5.97 Å². The van der Waals surface area contributed by atoms with Gasteiger partial charge in [-0.1, -0.05) is 20.3 Å². The molecule has 0 fully saturated rings. The van der Waals surface area contributed by atoms with Crippen LogP contribution in [0.5, 0.6) is 0 Å². The van der Waals surface area contributed by atoms with Crippen LogP contribution in [-0.4, -0.2) is 47.7 Å². The second-order valence-corrected chi connectivity index (χ2v) is 5.28. The quantitative estimate of drug-likeness (QED) is 0.631. The second kappa shape index (κ2) is 8.48. The number of carboxylic acid groups (broad SMARTS) is 1. The summed E-state index contributed by atoms with van der Waals surface area (Å²) in [5.74, 6) is -0.774. The molecule has 0 aliphatic heterocycles. The lowest BCUT2D eigenvalue weighted by Gasteiger charge is -2.32. The standard InChI is InChI=1S/C14H30N2O2/c1-6-8-10-16(12(3)7-2)11-9-14(4,15-5)13(17)18/h12,15H,6-11H2,1-5H3,(H,17,18). The topological polar surface area (TPSA) is 52.6 Å². The minimum absolute atomic E-state index is 0.520. The highest BCUT2D eigenvalue weighted by atomic mass is 16.4. The Morgan fingerprint density at radius 2 is 2.00 bits per heavy atom. The van der Waals surface area contributed by atoms with E-state index in [0.717, 1.165) is 19.5 Å². The molecule has 0 heterocycles. The molecule has 0 aromatic rings. The van der Waals surface area contributed by atoms with Crippen LogP contribution >= 0.6 is 0 Å². The fourth-order valence-corrected chi connectivity index (χ4v) is 1.88. The number of hydrogen-bond donors (Lipinski definition) is 2. The van der Waals surface area contributed by atoms with Gasteiger partial charge in [-0.25, -0.2) is 0 Å². The average Bonchev–Trinajstić information content (AvgIpc) is 2.37. The smallest absolute Gasteiger partial charge is 0.323 e. The van der Waals surface area contributed by atoms with Crippen molar-refractivity contribution in [2.45, 2.75) is 65.0 Å². The maximum Gasteiger partial charge on any atom is 0.323 e. The van der Waals surface area contributed by atoms with E-state index in [0.29, 0.717) is 12.5 Å². The summed E-state index contributed by atoms with van der Waals surface area (Å²) in [6.07, 6.45) is 4.09. The largest absolute Gasteiger partial charge is 0.480 e. The van der Waals surface area contributed by atoms with Crippen molar-refractivity contribution < 1.29 is 9.90 Å². The van der Waals surface area contributed by atoms with Gasteiger partial charge in [-0.15, -0.1) is 0 Å². The van der Waals surface area contributed by atoms with Crippen LogP contribution in [0.3, 0.4) is 0 Å². The SMILES string of the molecule is CCCCN(CCC(C)(NC)C(=O)O)C(C)CC. The predicted molar refractivity (Wildman–Crippen MR) is 76.0 cm³/mol. The van der Waals surface area contributed by atoms with Crippen LogP contribution in [0.4, 0.5) is 0 Å². The van der Waals surface area contributed by atoms with Gasteiger partial charge in [-0.05, 0) is 46.7 Å². The molecule has 4 heteroatoms. The van der Waals surface area contributed by atoms with Crippen molar-refractivity contribution in [1.29, 1.82) is 0 Å². The number of hydrogen-bond acceptors (Lipinski definition) is 3. The van der Waals surface area contributed by atoms with Gasteiger partial charge >= 0.3 is 5.97 Å². The molecule has 0 radical (unpaired) electrons. The van der Waals surface area contributed by atoms with Gasteiger partial charge in [0.2, 0.25) is 0 Å². The Hall–Kier alpha value is -0.610. The van der Waals surface area contributed by atoms with Gasteiger partial charge in [-0.2, -0.15) is 0 Å². The molecule has 0 amide bonds. The van der Waals surface area contributed by atoms with E-state index in [4.69, 9.17) is 0 Å². The molecule has 18 heavy (non-hydrogen) atoms. The van der Waals surface area contributed by atoms with Crippen molar-refractivity contribution in [3.05, 3.63) is 0 Å². The minimum Gasteiger partial charge on any atom is -0.480 e. The van der Waals surface area contributed by atoms with Gasteiger partial charge in [-0.3, -0.25) is 4.79 Å². The summed E-state index contributed by atoms with van der Waals surface area (Å²) >= 11 is 0. The van der Waals surface area contributed by atoms with Crippen molar-refractivity contribution in [3.8, 4) is 0 Å². The molecule has 4 nitrogen and oxygen atoms in total. The summed E-state index contributed by atoms with van der Waals surface area (Å²) in [6.45, 7) is 10.2. The van der Waals surface area contributed by atoms with E-state index in [1.165, 1.54) is 12.8 Å². The normalized spacial score (nSPS) is 16.6. The number of carbonyl (C=O) groups is 1. The van der Waals surface area contributed by atoms with Gasteiger partial charge < -0.3 is 15.3 Å². The van der Waals surface area contributed by atoms with Gasteiger partial charge in [0.15, 0.2) is 0 Å². The number of aliphatic carboxylic acids is 1. The number of unbranched alkanes of at least 4 members (excludes halogenated alkanes) is 1. The van der Waals surface area contributed by atoms with E-state index in [1.807, 2.05) is 0 Å². The minimum atomic E-state index is -0.822. The van der Waals surface area contributed by atoms with Crippen molar-refractivity contribution in [1.82, 2.24) is 10.2 Å². The van der Waals surface area contributed by atoms with Crippen LogP contribution in [0, 0.1) is 0 Å². The molecule has 0 saturated carbocycles. The number of likely N-dealkylation sites (N-methyl/N-ethyl adjacent to an activating group) is 1. The Kier molecular flexibility index (Phi) is 8.20. The van der Waals surface area contributed by atoms with Crippen molar-refractivity contribution in [2.24, 2.45) is 0 Å². The maximum absolute atomic E-state index is 11.2.